The second-order valence-corrected chi connectivity index (χ2v) is 4.90. The highest BCUT2D eigenvalue weighted by molar-refractivity contribution is 7.22. The first kappa shape index (κ1) is 10.2. The summed E-state index contributed by atoms with van der Waals surface area (Å²) in [5, 5.41) is 0. The van der Waals surface area contributed by atoms with Crippen molar-refractivity contribution in [3.05, 3.63) is 53.1 Å². The molecule has 2 heterocycles. The number of hydrogen-bond acceptors (Lipinski definition) is 3. The van der Waals surface area contributed by atoms with E-state index in [0.717, 1.165) is 16.0 Å². The lowest BCUT2D eigenvalue weighted by molar-refractivity contribution is 0.845. The summed E-state index contributed by atoms with van der Waals surface area (Å²) < 4.78 is 2.22. The van der Waals surface area contributed by atoms with E-state index in [1.54, 1.807) is 13.4 Å². The summed E-state index contributed by atoms with van der Waals surface area (Å²) in [6.07, 6.45) is 1.56. The van der Waals surface area contributed by atoms with Gasteiger partial charge in [0.1, 0.15) is 4.70 Å². The largest absolute Gasteiger partial charge is 0.301 e. The highest BCUT2D eigenvalue weighted by atomic mass is 32.1. The predicted octanol–water partition coefficient (Wildman–Crippen LogP) is 2.66. The van der Waals surface area contributed by atoms with E-state index in [1.165, 1.54) is 15.9 Å². The van der Waals surface area contributed by atoms with Crippen molar-refractivity contribution < 1.29 is 0 Å². The van der Waals surface area contributed by atoms with E-state index in [9.17, 15) is 4.79 Å². The minimum atomic E-state index is 0.0159. The molecule has 4 heteroatoms. The third-order valence-corrected chi connectivity index (χ3v) is 3.82. The second kappa shape index (κ2) is 3.82. The van der Waals surface area contributed by atoms with Gasteiger partial charge in [-0.3, -0.25) is 4.79 Å². The summed E-state index contributed by atoms with van der Waals surface area (Å²) >= 11 is 1.50. The molecule has 0 N–H and O–H groups in total. The topological polar surface area (TPSA) is 34.9 Å². The fraction of sp³-hybridized carbons (Fsp3) is 0.0769. The summed E-state index contributed by atoms with van der Waals surface area (Å²) in [4.78, 5) is 17.2. The van der Waals surface area contributed by atoms with Gasteiger partial charge in [0.2, 0.25) is 0 Å². The zero-order valence-corrected chi connectivity index (χ0v) is 10.1. The lowest BCUT2D eigenvalue weighted by Gasteiger charge is -1.93. The smallest absolute Gasteiger partial charge is 0.271 e. The minimum absolute atomic E-state index is 0.0159. The zero-order chi connectivity index (χ0) is 11.8. The molecule has 3 nitrogen and oxygen atoms in total. The Kier molecular flexibility index (Phi) is 2.30. The molecule has 1 aromatic carbocycles. The third kappa shape index (κ3) is 1.66. The molecule has 2 aromatic heterocycles. The van der Waals surface area contributed by atoms with Crippen molar-refractivity contribution in [2.75, 3.05) is 0 Å². The third-order valence-electron chi connectivity index (χ3n) is 2.66. The van der Waals surface area contributed by atoms with E-state index in [4.69, 9.17) is 0 Å². The van der Waals surface area contributed by atoms with Crippen LogP contribution < -0.4 is 5.56 Å². The van der Waals surface area contributed by atoms with Gasteiger partial charge < -0.3 is 4.57 Å². The fourth-order valence-electron chi connectivity index (χ4n) is 1.74. The Labute approximate surface area is 102 Å². The Hall–Kier alpha value is -1.94. The second-order valence-electron chi connectivity index (χ2n) is 3.85. The molecule has 0 aliphatic rings. The number of thiophene rings is 1. The molecule has 3 rings (SSSR count). The minimum Gasteiger partial charge on any atom is -0.301 e. The number of benzene rings is 1. The van der Waals surface area contributed by atoms with Crippen molar-refractivity contribution in [3.63, 3.8) is 0 Å². The van der Waals surface area contributed by atoms with Crippen LogP contribution in [0, 0.1) is 0 Å². The number of aromatic nitrogens is 2. The molecule has 0 aliphatic carbocycles. The molecule has 0 amide bonds. The summed E-state index contributed by atoms with van der Waals surface area (Å²) in [6, 6.07) is 12.0. The number of fused-ring (bicyclic) bond motifs is 1. The Bertz CT molecular complexity index is 728. The molecule has 0 spiro atoms. The van der Waals surface area contributed by atoms with E-state index in [0.29, 0.717) is 4.70 Å². The van der Waals surface area contributed by atoms with E-state index >= 15 is 0 Å². The molecule has 0 aliphatic heterocycles. The van der Waals surface area contributed by atoms with Gasteiger partial charge in [0.25, 0.3) is 5.56 Å². The first-order chi connectivity index (χ1) is 8.25. The van der Waals surface area contributed by atoms with Gasteiger partial charge >= 0.3 is 0 Å². The van der Waals surface area contributed by atoms with Crippen LogP contribution >= 0.6 is 11.3 Å². The Morgan fingerprint density at radius 1 is 1.24 bits per heavy atom. The van der Waals surface area contributed by atoms with Gasteiger partial charge in [0, 0.05) is 11.9 Å². The Balaban J connectivity index is 2.28. The number of aryl methyl sites for hydroxylation is 1. The summed E-state index contributed by atoms with van der Waals surface area (Å²) in [5.41, 5.74) is 1.91. The van der Waals surface area contributed by atoms with Gasteiger partial charge in [-0.2, -0.15) is 0 Å². The SMILES string of the molecule is Cn1cnc2cc(-c3ccccc3)sc2c1=O. The van der Waals surface area contributed by atoms with Crippen molar-refractivity contribution in [1.29, 1.82) is 0 Å². The van der Waals surface area contributed by atoms with E-state index in [-0.39, 0.29) is 5.56 Å². The molecule has 0 saturated carbocycles. The molecule has 3 aromatic rings. The van der Waals surface area contributed by atoms with Crippen LogP contribution in [0.5, 0.6) is 0 Å². The van der Waals surface area contributed by atoms with Crippen LogP contribution in [0.4, 0.5) is 0 Å². The Morgan fingerprint density at radius 3 is 2.76 bits per heavy atom. The number of nitrogens with zero attached hydrogens (tertiary/aromatic N) is 2. The highest BCUT2D eigenvalue weighted by Gasteiger charge is 2.08. The average Bonchev–Trinajstić information content (AvgIpc) is 2.80. The molecular formula is C13H10N2OS. The van der Waals surface area contributed by atoms with Crippen molar-refractivity contribution in [1.82, 2.24) is 9.55 Å². The summed E-state index contributed by atoms with van der Waals surface area (Å²) in [6.45, 7) is 0. The van der Waals surface area contributed by atoms with E-state index in [2.05, 4.69) is 4.98 Å². The molecule has 0 bridgehead atoms. The maximum absolute atomic E-state index is 11.9. The van der Waals surface area contributed by atoms with Crippen LogP contribution in [0.25, 0.3) is 20.7 Å². The van der Waals surface area contributed by atoms with Crippen LogP contribution in [0.2, 0.25) is 0 Å². The van der Waals surface area contributed by atoms with Gasteiger partial charge in [0.15, 0.2) is 0 Å². The van der Waals surface area contributed by atoms with Crippen LogP contribution in [0.3, 0.4) is 0 Å². The van der Waals surface area contributed by atoms with Crippen LogP contribution in [0.15, 0.2) is 47.5 Å². The quantitative estimate of drug-likeness (QED) is 0.657. The first-order valence-electron chi connectivity index (χ1n) is 5.26. The van der Waals surface area contributed by atoms with Crippen molar-refractivity contribution in [2.24, 2.45) is 7.05 Å². The zero-order valence-electron chi connectivity index (χ0n) is 9.25. The molecule has 0 atom stereocenters. The lowest BCUT2D eigenvalue weighted by atomic mass is 10.2. The van der Waals surface area contributed by atoms with Gasteiger partial charge in [0.05, 0.1) is 11.8 Å². The first-order valence-corrected chi connectivity index (χ1v) is 6.08. The predicted molar refractivity (Wildman–Crippen MR) is 70.3 cm³/mol. The molecule has 0 unspecified atom stereocenters. The highest BCUT2D eigenvalue weighted by Crippen LogP contribution is 2.30. The van der Waals surface area contributed by atoms with Crippen LogP contribution in [0.1, 0.15) is 0 Å². The van der Waals surface area contributed by atoms with Gasteiger partial charge in [-0.15, -0.1) is 11.3 Å². The van der Waals surface area contributed by atoms with Gasteiger partial charge in [-0.25, -0.2) is 4.98 Å². The maximum Gasteiger partial charge on any atom is 0.271 e. The number of rotatable bonds is 1. The molecule has 84 valence electrons. The summed E-state index contributed by atoms with van der Waals surface area (Å²) in [7, 11) is 1.72. The fourth-order valence-corrected chi connectivity index (χ4v) is 2.83. The van der Waals surface area contributed by atoms with Crippen molar-refractivity contribution in [3.8, 4) is 10.4 Å². The number of hydrogen-bond donors (Lipinski definition) is 0. The molecule has 0 radical (unpaired) electrons. The van der Waals surface area contributed by atoms with Gasteiger partial charge in [-0.1, -0.05) is 30.3 Å². The lowest BCUT2D eigenvalue weighted by Crippen LogP contribution is -2.15. The van der Waals surface area contributed by atoms with E-state index in [1.807, 2.05) is 36.4 Å². The van der Waals surface area contributed by atoms with Crippen molar-refractivity contribution >= 4 is 21.6 Å². The summed E-state index contributed by atoms with van der Waals surface area (Å²) in [5.74, 6) is 0. The van der Waals surface area contributed by atoms with Gasteiger partial charge in [-0.05, 0) is 11.6 Å². The Morgan fingerprint density at radius 2 is 2.00 bits per heavy atom. The molecule has 0 saturated heterocycles. The average molecular weight is 242 g/mol. The van der Waals surface area contributed by atoms with Crippen molar-refractivity contribution in [2.45, 2.75) is 0 Å². The van der Waals surface area contributed by atoms with E-state index < -0.39 is 0 Å². The normalized spacial score (nSPS) is 10.9. The molecule has 0 fully saturated rings. The maximum atomic E-state index is 11.9. The molecular weight excluding hydrogens is 232 g/mol. The monoisotopic (exact) mass is 242 g/mol. The van der Waals surface area contributed by atoms with Crippen LogP contribution in [-0.2, 0) is 7.05 Å². The standard InChI is InChI=1S/C13H10N2OS/c1-15-8-14-10-7-11(17-12(10)13(15)16)9-5-3-2-4-6-9/h2-8H,1H3. The van der Waals surface area contributed by atoms with Crippen LogP contribution in [-0.4, -0.2) is 9.55 Å². The molecule has 17 heavy (non-hydrogen) atoms.